The predicted octanol–water partition coefficient (Wildman–Crippen LogP) is 4.57. The van der Waals surface area contributed by atoms with E-state index in [0.29, 0.717) is 10.0 Å². The molecule has 9 heteroatoms. The number of halogens is 3. The number of non-ortho nitro benzene ring substituents is 1. The lowest BCUT2D eigenvalue weighted by Crippen LogP contribution is -2.20. The Bertz CT molecular complexity index is 747. The van der Waals surface area contributed by atoms with Gasteiger partial charge in [0.2, 0.25) is 0 Å². The molecule has 0 radical (unpaired) electrons. The van der Waals surface area contributed by atoms with E-state index in [1.165, 1.54) is 12.1 Å². The van der Waals surface area contributed by atoms with Crippen molar-refractivity contribution in [3.63, 3.8) is 0 Å². The highest BCUT2D eigenvalue weighted by atomic mass is 35.5. The third kappa shape index (κ3) is 4.48. The largest absolute Gasteiger partial charge is 0.482 e. The van der Waals surface area contributed by atoms with Crippen LogP contribution < -0.4 is 10.1 Å². The highest BCUT2D eigenvalue weighted by Gasteiger charge is 2.13. The molecule has 0 unspecified atom stereocenters. The van der Waals surface area contributed by atoms with E-state index >= 15 is 0 Å². The first-order chi connectivity index (χ1) is 10.9. The summed E-state index contributed by atoms with van der Waals surface area (Å²) in [6, 6.07) is 8.49. The van der Waals surface area contributed by atoms with Gasteiger partial charge in [-0.3, -0.25) is 14.9 Å². The van der Waals surface area contributed by atoms with Crippen LogP contribution in [0.5, 0.6) is 5.75 Å². The number of carbonyl (C=O) groups excluding carboxylic acids is 1. The molecule has 2 rings (SSSR count). The summed E-state index contributed by atoms with van der Waals surface area (Å²) in [6.45, 7) is -0.362. The molecule has 2 aromatic carbocycles. The summed E-state index contributed by atoms with van der Waals surface area (Å²) in [5, 5.41) is 13.7. The topological polar surface area (TPSA) is 81.5 Å². The smallest absolute Gasteiger partial charge is 0.271 e. The molecule has 0 saturated heterocycles. The number of nitro groups is 1. The van der Waals surface area contributed by atoms with Crippen LogP contribution in [0.15, 0.2) is 36.4 Å². The number of nitrogens with zero attached hydrogens (tertiary/aromatic N) is 1. The van der Waals surface area contributed by atoms with Crippen LogP contribution in [0.1, 0.15) is 0 Å². The zero-order valence-electron chi connectivity index (χ0n) is 11.4. The monoisotopic (exact) mass is 374 g/mol. The Morgan fingerprint density at radius 2 is 1.78 bits per heavy atom. The van der Waals surface area contributed by atoms with Crippen LogP contribution in [0.2, 0.25) is 15.1 Å². The minimum Gasteiger partial charge on any atom is -0.482 e. The van der Waals surface area contributed by atoms with Gasteiger partial charge in [-0.2, -0.15) is 0 Å². The summed E-state index contributed by atoms with van der Waals surface area (Å²) in [7, 11) is 0. The molecular formula is C14H9Cl3N2O4. The number of anilines is 1. The van der Waals surface area contributed by atoms with E-state index in [1.54, 1.807) is 18.2 Å². The van der Waals surface area contributed by atoms with Crippen molar-refractivity contribution in [2.45, 2.75) is 0 Å². The molecule has 1 amide bonds. The Hall–Kier alpha value is -2.02. The van der Waals surface area contributed by atoms with E-state index < -0.39 is 10.8 Å². The lowest BCUT2D eigenvalue weighted by Gasteiger charge is -2.10. The van der Waals surface area contributed by atoms with Crippen LogP contribution in [0.4, 0.5) is 11.4 Å². The minimum atomic E-state index is -0.582. The normalized spacial score (nSPS) is 10.2. The van der Waals surface area contributed by atoms with Gasteiger partial charge in [0.15, 0.2) is 6.61 Å². The van der Waals surface area contributed by atoms with E-state index in [4.69, 9.17) is 39.5 Å². The molecule has 0 spiro atoms. The molecule has 0 fully saturated rings. The lowest BCUT2D eigenvalue weighted by molar-refractivity contribution is -0.384. The van der Waals surface area contributed by atoms with Crippen LogP contribution in [0.25, 0.3) is 0 Å². The summed E-state index contributed by atoms with van der Waals surface area (Å²) in [5.74, 6) is -0.355. The van der Waals surface area contributed by atoms with Gasteiger partial charge in [0, 0.05) is 12.1 Å². The van der Waals surface area contributed by atoms with E-state index in [2.05, 4.69) is 5.32 Å². The number of rotatable bonds is 5. The molecule has 0 aliphatic carbocycles. The van der Waals surface area contributed by atoms with Gasteiger partial charge in [0.1, 0.15) is 5.75 Å². The molecule has 0 heterocycles. The fourth-order valence-corrected chi connectivity index (χ4v) is 2.38. The van der Waals surface area contributed by atoms with Gasteiger partial charge < -0.3 is 10.1 Å². The number of ether oxygens (including phenoxy) is 1. The second-order valence-electron chi connectivity index (χ2n) is 4.31. The van der Waals surface area contributed by atoms with E-state index in [9.17, 15) is 14.9 Å². The second kappa shape index (κ2) is 7.50. The second-order valence-corrected chi connectivity index (χ2v) is 5.53. The fraction of sp³-hybridized carbons (Fsp3) is 0.0714. The highest BCUT2D eigenvalue weighted by Crippen LogP contribution is 2.30. The Morgan fingerprint density at radius 3 is 2.35 bits per heavy atom. The highest BCUT2D eigenvalue weighted by molar-refractivity contribution is 6.39. The first-order valence-electron chi connectivity index (χ1n) is 6.19. The SMILES string of the molecule is O=C(COc1ccc([N+](=O)[O-])cc1Cl)Nc1c(Cl)cccc1Cl. The number of para-hydroxylation sites is 1. The Balaban J connectivity index is 2.01. The maximum Gasteiger partial charge on any atom is 0.271 e. The molecule has 0 aromatic heterocycles. The number of amides is 1. The zero-order chi connectivity index (χ0) is 17.0. The fourth-order valence-electron chi connectivity index (χ4n) is 1.66. The third-order valence-electron chi connectivity index (χ3n) is 2.71. The van der Waals surface area contributed by atoms with Crippen molar-refractivity contribution in [3.05, 3.63) is 61.6 Å². The summed E-state index contributed by atoms with van der Waals surface area (Å²) < 4.78 is 5.23. The molecule has 0 bridgehead atoms. The van der Waals surface area contributed by atoms with E-state index in [-0.39, 0.29) is 28.8 Å². The van der Waals surface area contributed by atoms with Gasteiger partial charge in [-0.1, -0.05) is 40.9 Å². The van der Waals surface area contributed by atoms with Crippen LogP contribution >= 0.6 is 34.8 Å². The molecule has 6 nitrogen and oxygen atoms in total. The van der Waals surface area contributed by atoms with E-state index in [1.807, 2.05) is 0 Å². The van der Waals surface area contributed by atoms with Crippen LogP contribution in [-0.4, -0.2) is 17.4 Å². The molecular weight excluding hydrogens is 367 g/mol. The Morgan fingerprint density at radius 1 is 1.13 bits per heavy atom. The molecule has 120 valence electrons. The number of hydrogen-bond acceptors (Lipinski definition) is 4. The number of nitro benzene ring substituents is 1. The summed E-state index contributed by atoms with van der Waals surface area (Å²) in [4.78, 5) is 21.9. The molecule has 0 aliphatic heterocycles. The third-order valence-corrected chi connectivity index (χ3v) is 3.64. The molecule has 1 N–H and O–H groups in total. The summed E-state index contributed by atoms with van der Waals surface area (Å²) in [5.41, 5.74) is 0.105. The van der Waals surface area contributed by atoms with Crippen molar-refractivity contribution >= 4 is 52.1 Å². The molecule has 0 aliphatic rings. The summed E-state index contributed by atoms with van der Waals surface area (Å²) in [6.07, 6.45) is 0. The molecule has 0 saturated carbocycles. The van der Waals surface area contributed by atoms with Crippen molar-refractivity contribution in [3.8, 4) is 5.75 Å². The van der Waals surface area contributed by atoms with Gasteiger partial charge >= 0.3 is 0 Å². The van der Waals surface area contributed by atoms with Gasteiger partial charge in [0.25, 0.3) is 11.6 Å². The molecule has 2 aromatic rings. The first-order valence-corrected chi connectivity index (χ1v) is 7.32. The Kier molecular flexibility index (Phi) is 5.65. The number of benzene rings is 2. The van der Waals surface area contributed by atoms with E-state index in [0.717, 1.165) is 6.07 Å². The van der Waals surface area contributed by atoms with Crippen LogP contribution in [-0.2, 0) is 4.79 Å². The standard InChI is InChI=1S/C14H9Cl3N2O4/c15-9-2-1-3-10(16)14(9)18-13(20)7-23-12-5-4-8(19(21)22)6-11(12)17/h1-6H,7H2,(H,18,20). The average Bonchev–Trinajstić information content (AvgIpc) is 2.49. The molecule has 0 atom stereocenters. The van der Waals surface area contributed by atoms with Crippen molar-refractivity contribution in [1.82, 2.24) is 0 Å². The lowest BCUT2D eigenvalue weighted by atomic mass is 10.3. The Labute approximate surface area is 146 Å². The zero-order valence-corrected chi connectivity index (χ0v) is 13.7. The maximum absolute atomic E-state index is 11.9. The minimum absolute atomic E-state index is 0.0303. The van der Waals surface area contributed by atoms with Gasteiger partial charge in [-0.15, -0.1) is 0 Å². The van der Waals surface area contributed by atoms with Crippen LogP contribution in [0.3, 0.4) is 0 Å². The van der Waals surface area contributed by atoms with Gasteiger partial charge in [-0.25, -0.2) is 0 Å². The summed E-state index contributed by atoms with van der Waals surface area (Å²) >= 11 is 17.7. The van der Waals surface area contributed by atoms with Crippen LogP contribution in [0, 0.1) is 10.1 Å². The number of carbonyl (C=O) groups is 1. The van der Waals surface area contributed by atoms with Crippen molar-refractivity contribution < 1.29 is 14.5 Å². The van der Waals surface area contributed by atoms with Gasteiger partial charge in [-0.05, 0) is 18.2 Å². The number of nitrogens with one attached hydrogen (secondary N) is 1. The quantitative estimate of drug-likeness (QED) is 0.613. The maximum atomic E-state index is 11.9. The average molecular weight is 376 g/mol. The first kappa shape index (κ1) is 17.3. The van der Waals surface area contributed by atoms with Gasteiger partial charge in [0.05, 0.1) is 25.7 Å². The van der Waals surface area contributed by atoms with Crippen molar-refractivity contribution in [1.29, 1.82) is 0 Å². The van der Waals surface area contributed by atoms with Crippen molar-refractivity contribution in [2.24, 2.45) is 0 Å². The predicted molar refractivity (Wildman–Crippen MR) is 88.7 cm³/mol. The number of hydrogen-bond donors (Lipinski definition) is 1. The van der Waals surface area contributed by atoms with Crippen molar-refractivity contribution in [2.75, 3.05) is 11.9 Å². The molecule has 23 heavy (non-hydrogen) atoms.